The highest BCUT2D eigenvalue weighted by atomic mass is 35.5. The number of hydrogen-bond donors (Lipinski definition) is 1. The number of amides is 1. The molecule has 19 heavy (non-hydrogen) atoms. The Morgan fingerprint density at radius 3 is 2.42 bits per heavy atom. The summed E-state index contributed by atoms with van der Waals surface area (Å²) in [6, 6.07) is 7.64. The van der Waals surface area contributed by atoms with Crippen molar-refractivity contribution >= 4 is 17.5 Å². The van der Waals surface area contributed by atoms with Crippen molar-refractivity contribution in [3.05, 3.63) is 34.9 Å². The summed E-state index contributed by atoms with van der Waals surface area (Å²) >= 11 is 5.82. The number of nitrogens with zero attached hydrogens (tertiary/aromatic N) is 1. The Kier molecular flexibility index (Phi) is 7.53. The van der Waals surface area contributed by atoms with Crippen LogP contribution < -0.4 is 5.32 Å². The minimum Gasteiger partial charge on any atom is -0.355 e. The molecule has 106 valence electrons. The number of rotatable bonds is 8. The number of aryl methyl sites for hydroxylation is 1. The van der Waals surface area contributed by atoms with Gasteiger partial charge in [0.05, 0.1) is 0 Å². The van der Waals surface area contributed by atoms with Crippen LogP contribution in [0, 0.1) is 0 Å². The maximum Gasteiger partial charge on any atom is 0.220 e. The van der Waals surface area contributed by atoms with Crippen molar-refractivity contribution in [3.8, 4) is 0 Å². The average Bonchev–Trinajstić information content (AvgIpc) is 2.43. The molecule has 0 bridgehead atoms. The van der Waals surface area contributed by atoms with Crippen LogP contribution in [0.2, 0.25) is 5.02 Å². The minimum atomic E-state index is 0.113. The number of nitrogens with one attached hydrogen (secondary N) is 1. The van der Waals surface area contributed by atoms with E-state index in [4.69, 9.17) is 11.6 Å². The molecule has 0 saturated heterocycles. The molecule has 0 saturated carbocycles. The SMILES string of the molecule is CCN(CC)CCNC(=O)CCc1ccc(Cl)cc1. The molecule has 0 heterocycles. The molecule has 1 amide bonds. The number of carbonyl (C=O) groups excluding carboxylic acids is 1. The van der Waals surface area contributed by atoms with Crippen molar-refractivity contribution in [2.75, 3.05) is 26.2 Å². The Hall–Kier alpha value is -1.06. The summed E-state index contributed by atoms with van der Waals surface area (Å²) < 4.78 is 0. The van der Waals surface area contributed by atoms with Crippen LogP contribution in [-0.2, 0) is 11.2 Å². The summed E-state index contributed by atoms with van der Waals surface area (Å²) in [5.74, 6) is 0.113. The topological polar surface area (TPSA) is 32.3 Å². The highest BCUT2D eigenvalue weighted by Crippen LogP contribution is 2.10. The van der Waals surface area contributed by atoms with Gasteiger partial charge in [-0.2, -0.15) is 0 Å². The molecule has 0 aliphatic carbocycles. The smallest absolute Gasteiger partial charge is 0.220 e. The monoisotopic (exact) mass is 282 g/mol. The fraction of sp³-hybridized carbons (Fsp3) is 0.533. The van der Waals surface area contributed by atoms with E-state index in [1.807, 2.05) is 24.3 Å². The van der Waals surface area contributed by atoms with E-state index in [0.717, 1.165) is 43.2 Å². The number of halogens is 1. The second kappa shape index (κ2) is 8.94. The predicted molar refractivity (Wildman–Crippen MR) is 80.6 cm³/mol. The summed E-state index contributed by atoms with van der Waals surface area (Å²) in [5, 5.41) is 3.69. The number of likely N-dealkylation sites (N-methyl/N-ethyl adjacent to an activating group) is 1. The van der Waals surface area contributed by atoms with E-state index in [2.05, 4.69) is 24.1 Å². The Labute approximate surface area is 120 Å². The van der Waals surface area contributed by atoms with Gasteiger partial charge < -0.3 is 10.2 Å². The Morgan fingerprint density at radius 1 is 1.21 bits per heavy atom. The van der Waals surface area contributed by atoms with Gasteiger partial charge in [-0.1, -0.05) is 37.6 Å². The Bertz CT molecular complexity index is 374. The maximum absolute atomic E-state index is 11.7. The third-order valence-corrected chi connectivity index (χ3v) is 3.45. The molecule has 0 aliphatic heterocycles. The van der Waals surface area contributed by atoms with Crippen molar-refractivity contribution in [2.45, 2.75) is 26.7 Å². The molecule has 1 aromatic carbocycles. The van der Waals surface area contributed by atoms with Gasteiger partial charge >= 0.3 is 0 Å². The lowest BCUT2D eigenvalue weighted by Crippen LogP contribution is -2.34. The van der Waals surface area contributed by atoms with Crippen LogP contribution in [0.1, 0.15) is 25.8 Å². The van der Waals surface area contributed by atoms with E-state index in [9.17, 15) is 4.79 Å². The van der Waals surface area contributed by atoms with E-state index in [-0.39, 0.29) is 5.91 Å². The fourth-order valence-electron chi connectivity index (χ4n) is 1.89. The molecular formula is C15H23ClN2O. The van der Waals surface area contributed by atoms with E-state index < -0.39 is 0 Å². The predicted octanol–water partition coefficient (Wildman–Crippen LogP) is 2.73. The van der Waals surface area contributed by atoms with Gasteiger partial charge in [0.1, 0.15) is 0 Å². The zero-order valence-corrected chi connectivity index (χ0v) is 12.5. The molecule has 0 fully saturated rings. The molecule has 0 aliphatic rings. The van der Waals surface area contributed by atoms with Gasteiger partial charge in [0.2, 0.25) is 5.91 Å². The van der Waals surface area contributed by atoms with E-state index >= 15 is 0 Å². The molecule has 0 atom stereocenters. The first kappa shape index (κ1) is 16.0. The van der Waals surface area contributed by atoms with Crippen LogP contribution in [-0.4, -0.2) is 37.0 Å². The molecule has 1 aromatic rings. The molecule has 0 spiro atoms. The standard InChI is InChI=1S/C15H23ClN2O/c1-3-18(4-2)12-11-17-15(19)10-7-13-5-8-14(16)9-6-13/h5-6,8-9H,3-4,7,10-12H2,1-2H3,(H,17,19). The highest BCUT2D eigenvalue weighted by Gasteiger charge is 2.03. The van der Waals surface area contributed by atoms with Gasteiger partial charge in [0.25, 0.3) is 0 Å². The lowest BCUT2D eigenvalue weighted by atomic mass is 10.1. The first-order chi connectivity index (χ1) is 9.15. The Morgan fingerprint density at radius 2 is 1.84 bits per heavy atom. The van der Waals surface area contributed by atoms with Crippen molar-refractivity contribution in [1.82, 2.24) is 10.2 Å². The largest absolute Gasteiger partial charge is 0.355 e. The first-order valence-electron chi connectivity index (χ1n) is 6.89. The third-order valence-electron chi connectivity index (χ3n) is 3.20. The number of hydrogen-bond acceptors (Lipinski definition) is 2. The summed E-state index contributed by atoms with van der Waals surface area (Å²) in [5.41, 5.74) is 1.14. The molecule has 4 heteroatoms. The molecule has 1 rings (SSSR count). The lowest BCUT2D eigenvalue weighted by molar-refractivity contribution is -0.121. The van der Waals surface area contributed by atoms with E-state index in [1.54, 1.807) is 0 Å². The molecule has 0 unspecified atom stereocenters. The molecule has 1 N–H and O–H groups in total. The van der Waals surface area contributed by atoms with Crippen LogP contribution in [0.25, 0.3) is 0 Å². The number of carbonyl (C=O) groups is 1. The molecule has 0 radical (unpaired) electrons. The molecule has 3 nitrogen and oxygen atoms in total. The average molecular weight is 283 g/mol. The zero-order valence-electron chi connectivity index (χ0n) is 11.8. The van der Waals surface area contributed by atoms with Crippen molar-refractivity contribution < 1.29 is 4.79 Å². The van der Waals surface area contributed by atoms with E-state index in [0.29, 0.717) is 6.42 Å². The third kappa shape index (κ3) is 6.60. The van der Waals surface area contributed by atoms with Gasteiger partial charge in [-0.05, 0) is 37.2 Å². The van der Waals surface area contributed by atoms with Crippen LogP contribution >= 0.6 is 11.6 Å². The molecular weight excluding hydrogens is 260 g/mol. The van der Waals surface area contributed by atoms with Crippen LogP contribution in [0.4, 0.5) is 0 Å². The second-order valence-corrected chi connectivity index (χ2v) is 4.94. The summed E-state index contributed by atoms with van der Waals surface area (Å²) in [6.45, 7) is 7.95. The van der Waals surface area contributed by atoms with Gasteiger partial charge in [0.15, 0.2) is 0 Å². The normalized spacial score (nSPS) is 10.7. The van der Waals surface area contributed by atoms with Crippen molar-refractivity contribution in [2.24, 2.45) is 0 Å². The summed E-state index contributed by atoms with van der Waals surface area (Å²) in [4.78, 5) is 14.0. The van der Waals surface area contributed by atoms with Crippen molar-refractivity contribution in [3.63, 3.8) is 0 Å². The van der Waals surface area contributed by atoms with Gasteiger partial charge in [-0.3, -0.25) is 4.79 Å². The lowest BCUT2D eigenvalue weighted by Gasteiger charge is -2.17. The van der Waals surface area contributed by atoms with E-state index in [1.165, 1.54) is 0 Å². The van der Waals surface area contributed by atoms with Crippen molar-refractivity contribution in [1.29, 1.82) is 0 Å². The second-order valence-electron chi connectivity index (χ2n) is 4.50. The van der Waals surface area contributed by atoms with Crippen LogP contribution in [0.5, 0.6) is 0 Å². The zero-order chi connectivity index (χ0) is 14.1. The van der Waals surface area contributed by atoms with Gasteiger partial charge in [0, 0.05) is 24.5 Å². The minimum absolute atomic E-state index is 0.113. The Balaban J connectivity index is 2.19. The molecule has 0 aromatic heterocycles. The van der Waals surface area contributed by atoms with Crippen LogP contribution in [0.3, 0.4) is 0 Å². The fourth-order valence-corrected chi connectivity index (χ4v) is 2.02. The highest BCUT2D eigenvalue weighted by molar-refractivity contribution is 6.30. The first-order valence-corrected chi connectivity index (χ1v) is 7.27. The summed E-state index contributed by atoms with van der Waals surface area (Å²) in [7, 11) is 0. The number of benzene rings is 1. The van der Waals surface area contributed by atoms with Crippen LogP contribution in [0.15, 0.2) is 24.3 Å². The van der Waals surface area contributed by atoms with Gasteiger partial charge in [-0.15, -0.1) is 0 Å². The van der Waals surface area contributed by atoms with Gasteiger partial charge in [-0.25, -0.2) is 0 Å². The quantitative estimate of drug-likeness (QED) is 0.795. The maximum atomic E-state index is 11.7. The summed E-state index contributed by atoms with van der Waals surface area (Å²) in [6.07, 6.45) is 1.29.